The molecule has 0 aliphatic heterocycles. The van der Waals surface area contributed by atoms with E-state index < -0.39 is 0 Å². The first-order chi connectivity index (χ1) is 10.2. The highest BCUT2D eigenvalue weighted by Crippen LogP contribution is 2.40. The number of nitrogen functional groups attached to an aromatic ring is 1. The Bertz CT molecular complexity index is 609. The Kier molecular flexibility index (Phi) is 5.45. The van der Waals surface area contributed by atoms with Gasteiger partial charge in [-0.3, -0.25) is 4.79 Å². The van der Waals surface area contributed by atoms with Gasteiger partial charge in [0.15, 0.2) is 0 Å². The van der Waals surface area contributed by atoms with Gasteiger partial charge in [0.25, 0.3) is 0 Å². The second kappa shape index (κ2) is 7.32. The normalized spacial score (nSPS) is 14.7. The van der Waals surface area contributed by atoms with Gasteiger partial charge in [-0.05, 0) is 42.0 Å². The molecular formula is C18H21ClN2O. The number of rotatable bonds is 5. The monoisotopic (exact) mass is 316 g/mol. The van der Waals surface area contributed by atoms with E-state index in [2.05, 4.69) is 17.4 Å². The van der Waals surface area contributed by atoms with E-state index in [-0.39, 0.29) is 24.4 Å². The minimum Gasteiger partial charge on any atom is -0.399 e. The summed E-state index contributed by atoms with van der Waals surface area (Å²) >= 11 is 0. The van der Waals surface area contributed by atoms with Crippen molar-refractivity contribution in [3.05, 3.63) is 65.7 Å². The molecule has 0 radical (unpaired) electrons. The predicted molar refractivity (Wildman–Crippen MR) is 91.9 cm³/mol. The van der Waals surface area contributed by atoms with Crippen LogP contribution in [-0.4, -0.2) is 5.91 Å². The molecule has 1 amide bonds. The van der Waals surface area contributed by atoms with Crippen molar-refractivity contribution < 1.29 is 4.79 Å². The lowest BCUT2D eigenvalue weighted by molar-refractivity contribution is -0.121. The van der Waals surface area contributed by atoms with Crippen molar-refractivity contribution in [3.8, 4) is 0 Å². The fraction of sp³-hybridized carbons (Fsp3) is 0.278. The van der Waals surface area contributed by atoms with Crippen LogP contribution in [0.25, 0.3) is 0 Å². The molecule has 1 fully saturated rings. The highest BCUT2D eigenvalue weighted by Gasteiger charge is 2.33. The molecule has 3 nitrogen and oxygen atoms in total. The number of amides is 1. The summed E-state index contributed by atoms with van der Waals surface area (Å²) in [6.07, 6.45) is 2.79. The molecule has 1 atom stereocenters. The molecular weight excluding hydrogens is 296 g/mol. The van der Waals surface area contributed by atoms with Crippen LogP contribution < -0.4 is 11.1 Å². The van der Waals surface area contributed by atoms with Crippen LogP contribution in [0.15, 0.2) is 54.6 Å². The van der Waals surface area contributed by atoms with Crippen LogP contribution in [-0.2, 0) is 11.2 Å². The summed E-state index contributed by atoms with van der Waals surface area (Å²) < 4.78 is 0. The average Bonchev–Trinajstić information content (AvgIpc) is 3.33. The third-order valence-electron chi connectivity index (χ3n) is 3.91. The van der Waals surface area contributed by atoms with Crippen LogP contribution in [0.2, 0.25) is 0 Å². The molecule has 116 valence electrons. The minimum absolute atomic E-state index is 0. The molecule has 0 bridgehead atoms. The van der Waals surface area contributed by atoms with Crippen molar-refractivity contribution in [2.24, 2.45) is 5.92 Å². The first-order valence-electron chi connectivity index (χ1n) is 7.41. The minimum atomic E-state index is 0. The first-order valence-corrected chi connectivity index (χ1v) is 7.41. The van der Waals surface area contributed by atoms with Crippen LogP contribution in [0.3, 0.4) is 0 Å². The maximum Gasteiger partial charge on any atom is 0.224 e. The zero-order valence-electron chi connectivity index (χ0n) is 12.4. The number of halogens is 1. The molecule has 0 spiro atoms. The van der Waals surface area contributed by atoms with E-state index in [1.54, 1.807) is 0 Å². The second-order valence-corrected chi connectivity index (χ2v) is 5.71. The van der Waals surface area contributed by atoms with Gasteiger partial charge in [0.1, 0.15) is 0 Å². The second-order valence-electron chi connectivity index (χ2n) is 5.71. The number of hydrogen-bond donors (Lipinski definition) is 2. The van der Waals surface area contributed by atoms with Gasteiger partial charge in [0.05, 0.1) is 12.5 Å². The van der Waals surface area contributed by atoms with Crippen molar-refractivity contribution in [2.75, 3.05) is 5.73 Å². The van der Waals surface area contributed by atoms with Crippen molar-refractivity contribution in [2.45, 2.75) is 25.3 Å². The number of nitrogens with one attached hydrogen (secondary N) is 1. The fourth-order valence-corrected chi connectivity index (χ4v) is 2.61. The van der Waals surface area contributed by atoms with E-state index >= 15 is 0 Å². The number of carbonyl (C=O) groups is 1. The van der Waals surface area contributed by atoms with Gasteiger partial charge >= 0.3 is 0 Å². The molecule has 3 N–H and O–H groups in total. The smallest absolute Gasteiger partial charge is 0.224 e. The number of carbonyl (C=O) groups excluding carboxylic acids is 1. The van der Waals surface area contributed by atoms with E-state index in [4.69, 9.17) is 5.73 Å². The molecule has 0 aromatic heterocycles. The van der Waals surface area contributed by atoms with Gasteiger partial charge in [-0.25, -0.2) is 0 Å². The molecule has 0 saturated heterocycles. The molecule has 1 aliphatic rings. The summed E-state index contributed by atoms with van der Waals surface area (Å²) in [6.45, 7) is 0. The van der Waals surface area contributed by atoms with Gasteiger partial charge < -0.3 is 11.1 Å². The summed E-state index contributed by atoms with van der Waals surface area (Å²) in [6, 6.07) is 17.9. The lowest BCUT2D eigenvalue weighted by Gasteiger charge is -2.19. The van der Waals surface area contributed by atoms with Crippen LogP contribution >= 0.6 is 12.4 Å². The first kappa shape index (κ1) is 16.4. The fourth-order valence-electron chi connectivity index (χ4n) is 2.61. The largest absolute Gasteiger partial charge is 0.399 e. The van der Waals surface area contributed by atoms with Crippen molar-refractivity contribution in [3.63, 3.8) is 0 Å². The Balaban J connectivity index is 0.00000176. The number of benzene rings is 2. The maximum atomic E-state index is 12.3. The molecule has 2 aromatic rings. The Labute approximate surface area is 137 Å². The van der Waals surface area contributed by atoms with Gasteiger partial charge in [0, 0.05) is 5.69 Å². The van der Waals surface area contributed by atoms with Crippen LogP contribution in [0.5, 0.6) is 0 Å². The molecule has 2 aromatic carbocycles. The lowest BCUT2D eigenvalue weighted by Crippen LogP contribution is -2.31. The zero-order chi connectivity index (χ0) is 14.7. The molecule has 0 heterocycles. The Hall–Kier alpha value is -2.00. The number of hydrogen-bond acceptors (Lipinski definition) is 2. The summed E-state index contributed by atoms with van der Waals surface area (Å²) in [4.78, 5) is 12.3. The average molecular weight is 317 g/mol. The van der Waals surface area contributed by atoms with Crippen molar-refractivity contribution >= 4 is 24.0 Å². The third-order valence-corrected chi connectivity index (χ3v) is 3.91. The van der Waals surface area contributed by atoms with Gasteiger partial charge in [0.2, 0.25) is 5.91 Å². The van der Waals surface area contributed by atoms with Crippen LogP contribution in [0, 0.1) is 5.92 Å². The molecule has 22 heavy (non-hydrogen) atoms. The molecule has 4 heteroatoms. The maximum absolute atomic E-state index is 12.3. The van der Waals surface area contributed by atoms with Gasteiger partial charge in [-0.15, -0.1) is 12.4 Å². The summed E-state index contributed by atoms with van der Waals surface area (Å²) in [5.41, 5.74) is 8.57. The lowest BCUT2D eigenvalue weighted by atomic mass is 10.0. The van der Waals surface area contributed by atoms with Crippen molar-refractivity contribution in [1.82, 2.24) is 5.32 Å². The van der Waals surface area contributed by atoms with E-state index in [0.717, 1.165) is 11.3 Å². The molecule has 1 saturated carbocycles. The standard InChI is InChI=1S/C18H20N2O.ClH/c19-16-10-6-13(7-11-16)12-17(21)20-18(15-8-9-15)14-4-2-1-3-5-14;/h1-7,10-11,15,18H,8-9,12,19H2,(H,20,21);1H. The Morgan fingerprint density at radius 2 is 1.73 bits per heavy atom. The van der Waals surface area contributed by atoms with E-state index in [9.17, 15) is 4.79 Å². The van der Waals surface area contributed by atoms with Crippen molar-refractivity contribution in [1.29, 1.82) is 0 Å². The van der Waals surface area contributed by atoms with E-state index in [0.29, 0.717) is 12.3 Å². The number of nitrogens with two attached hydrogens (primary N) is 1. The van der Waals surface area contributed by atoms with Gasteiger partial charge in [-0.1, -0.05) is 42.5 Å². The van der Waals surface area contributed by atoms with E-state index in [1.807, 2.05) is 42.5 Å². The quantitative estimate of drug-likeness (QED) is 0.829. The highest BCUT2D eigenvalue weighted by atomic mass is 35.5. The molecule has 3 rings (SSSR count). The van der Waals surface area contributed by atoms with E-state index in [1.165, 1.54) is 18.4 Å². The van der Waals surface area contributed by atoms with Crippen LogP contribution in [0.4, 0.5) is 5.69 Å². The Morgan fingerprint density at radius 3 is 2.32 bits per heavy atom. The molecule has 1 unspecified atom stereocenters. The van der Waals surface area contributed by atoms with Gasteiger partial charge in [-0.2, -0.15) is 0 Å². The zero-order valence-corrected chi connectivity index (χ0v) is 13.2. The third kappa shape index (κ3) is 4.25. The number of anilines is 1. The molecule has 1 aliphatic carbocycles. The SMILES string of the molecule is Cl.Nc1ccc(CC(=O)NC(c2ccccc2)C2CC2)cc1. The Morgan fingerprint density at radius 1 is 1.09 bits per heavy atom. The van der Waals surface area contributed by atoms with Crippen LogP contribution in [0.1, 0.15) is 30.0 Å². The summed E-state index contributed by atoms with van der Waals surface area (Å²) in [5.74, 6) is 0.656. The topological polar surface area (TPSA) is 55.1 Å². The summed E-state index contributed by atoms with van der Waals surface area (Å²) in [5, 5.41) is 3.19. The highest BCUT2D eigenvalue weighted by molar-refractivity contribution is 5.85. The predicted octanol–water partition coefficient (Wildman–Crippen LogP) is 3.50. The summed E-state index contributed by atoms with van der Waals surface area (Å²) in [7, 11) is 0.